The highest BCUT2D eigenvalue weighted by atomic mass is 32.1. The Labute approximate surface area is 160 Å². The van der Waals surface area contributed by atoms with Crippen molar-refractivity contribution in [3.63, 3.8) is 0 Å². The third-order valence-electron chi connectivity index (χ3n) is 4.59. The number of carbonyl (C=O) groups excluding carboxylic acids is 1. The van der Waals surface area contributed by atoms with Crippen molar-refractivity contribution in [2.45, 2.75) is 24.3 Å². The normalized spacial score (nSPS) is 19.3. The number of thiol groups is 1. The van der Waals surface area contributed by atoms with Crippen LogP contribution in [-0.4, -0.2) is 42.5 Å². The molecule has 1 saturated heterocycles. The number of carbonyl (C=O) groups is 1. The van der Waals surface area contributed by atoms with E-state index in [-0.39, 0.29) is 29.3 Å². The molecule has 2 aromatic rings. The van der Waals surface area contributed by atoms with Gasteiger partial charge in [0.2, 0.25) is 0 Å². The molecule has 0 unspecified atom stereocenters. The van der Waals surface area contributed by atoms with Crippen LogP contribution in [0.3, 0.4) is 0 Å². The molecule has 27 heavy (non-hydrogen) atoms. The predicted octanol–water partition coefficient (Wildman–Crippen LogP) is 2.73. The Hall–Kier alpha value is -2.88. The van der Waals surface area contributed by atoms with Crippen LogP contribution in [0.1, 0.15) is 23.6 Å². The zero-order chi connectivity index (χ0) is 19.7. The Morgan fingerprint density at radius 1 is 1.37 bits per heavy atom. The van der Waals surface area contributed by atoms with E-state index in [1.807, 2.05) is 0 Å². The maximum Gasteiger partial charge on any atom is 0.410 e. The van der Waals surface area contributed by atoms with Gasteiger partial charge in [0.15, 0.2) is 11.8 Å². The van der Waals surface area contributed by atoms with Crippen molar-refractivity contribution >= 4 is 24.4 Å². The molecule has 0 saturated carbocycles. The standard InChI is InChI=1S/C17H19N3O6S/c1-18-15(21)7-13(16(18)22)14-6-12(27)8-19(14)17(23)26-9-10-2-4-11(5-3-10)20(24)25/h2-5,7,12,14,21-22,27H,6,8-9H2,1H3/t12-,14-/m0/s1. The van der Waals surface area contributed by atoms with E-state index >= 15 is 0 Å². The second-order valence-corrected chi connectivity index (χ2v) is 7.11. The zero-order valence-electron chi connectivity index (χ0n) is 14.5. The minimum atomic E-state index is -0.586. The predicted molar refractivity (Wildman–Crippen MR) is 98.9 cm³/mol. The van der Waals surface area contributed by atoms with Crippen molar-refractivity contribution in [2.24, 2.45) is 7.05 Å². The summed E-state index contributed by atoms with van der Waals surface area (Å²) in [5.74, 6) is -0.225. The number of amides is 1. The number of nitrogens with zero attached hydrogens (tertiary/aromatic N) is 3. The first kappa shape index (κ1) is 18.9. The van der Waals surface area contributed by atoms with E-state index in [0.29, 0.717) is 24.1 Å². The Morgan fingerprint density at radius 2 is 2.04 bits per heavy atom. The average Bonchev–Trinajstić information content (AvgIpc) is 3.15. The molecule has 0 radical (unpaired) electrons. The molecule has 2 heterocycles. The molecular formula is C17H19N3O6S. The molecule has 2 N–H and O–H groups in total. The molecule has 144 valence electrons. The summed E-state index contributed by atoms with van der Waals surface area (Å²) < 4.78 is 6.55. The van der Waals surface area contributed by atoms with Gasteiger partial charge in [-0.2, -0.15) is 12.6 Å². The summed E-state index contributed by atoms with van der Waals surface area (Å²) in [6.07, 6.45) is -0.0788. The molecule has 1 aliphatic rings. The fraction of sp³-hybridized carbons (Fsp3) is 0.353. The van der Waals surface area contributed by atoms with Gasteiger partial charge in [0.05, 0.1) is 11.0 Å². The Balaban J connectivity index is 1.70. The van der Waals surface area contributed by atoms with E-state index < -0.39 is 17.1 Å². The minimum Gasteiger partial charge on any atom is -0.494 e. The number of likely N-dealkylation sites (tertiary alicyclic amines) is 1. The zero-order valence-corrected chi connectivity index (χ0v) is 15.4. The summed E-state index contributed by atoms with van der Waals surface area (Å²) in [6, 6.07) is 6.68. The maximum absolute atomic E-state index is 12.5. The number of hydrogen-bond acceptors (Lipinski definition) is 7. The number of benzene rings is 1. The van der Waals surface area contributed by atoms with Crippen molar-refractivity contribution in [3.05, 3.63) is 51.6 Å². The smallest absolute Gasteiger partial charge is 0.410 e. The van der Waals surface area contributed by atoms with Gasteiger partial charge in [-0.3, -0.25) is 19.6 Å². The van der Waals surface area contributed by atoms with Crippen molar-refractivity contribution < 1.29 is 24.7 Å². The summed E-state index contributed by atoms with van der Waals surface area (Å²) in [5.41, 5.74) is 1.01. The Morgan fingerprint density at radius 3 is 2.59 bits per heavy atom. The maximum atomic E-state index is 12.5. The lowest BCUT2D eigenvalue weighted by molar-refractivity contribution is -0.384. The number of aromatic hydroxyl groups is 2. The summed E-state index contributed by atoms with van der Waals surface area (Å²) in [6.45, 7) is 0.297. The lowest BCUT2D eigenvalue weighted by atomic mass is 10.1. The molecule has 3 rings (SSSR count). The number of non-ortho nitro benzene ring substituents is 1. The summed E-state index contributed by atoms with van der Waals surface area (Å²) in [4.78, 5) is 24.2. The first-order chi connectivity index (χ1) is 12.8. The quantitative estimate of drug-likeness (QED) is 0.418. The summed E-state index contributed by atoms with van der Waals surface area (Å²) in [7, 11) is 1.51. The monoisotopic (exact) mass is 393 g/mol. The molecule has 1 amide bonds. The van der Waals surface area contributed by atoms with Crippen molar-refractivity contribution in [3.8, 4) is 11.8 Å². The number of nitro benzene ring substituents is 1. The Kier molecular flexibility index (Phi) is 5.17. The lowest BCUT2D eigenvalue weighted by Gasteiger charge is -2.23. The van der Waals surface area contributed by atoms with E-state index in [1.165, 1.54) is 46.8 Å². The molecular weight excluding hydrogens is 374 g/mol. The molecule has 2 atom stereocenters. The summed E-state index contributed by atoms with van der Waals surface area (Å²) >= 11 is 4.43. The van der Waals surface area contributed by atoms with Crippen LogP contribution in [0, 0.1) is 10.1 Å². The highest BCUT2D eigenvalue weighted by Crippen LogP contribution is 2.41. The molecule has 10 heteroatoms. The van der Waals surface area contributed by atoms with Crippen LogP contribution in [0.4, 0.5) is 10.5 Å². The van der Waals surface area contributed by atoms with Gasteiger partial charge in [-0.15, -0.1) is 0 Å². The third-order valence-corrected chi connectivity index (χ3v) is 4.96. The van der Waals surface area contributed by atoms with Crippen LogP contribution in [0.5, 0.6) is 11.8 Å². The van der Waals surface area contributed by atoms with Crippen molar-refractivity contribution in [2.75, 3.05) is 6.54 Å². The molecule has 9 nitrogen and oxygen atoms in total. The first-order valence-electron chi connectivity index (χ1n) is 8.20. The van der Waals surface area contributed by atoms with Gasteiger partial charge in [-0.25, -0.2) is 4.79 Å². The van der Waals surface area contributed by atoms with Gasteiger partial charge < -0.3 is 14.9 Å². The SMILES string of the molecule is Cn1c(O)cc([C@@H]2C[C@H](S)CN2C(=O)OCc2ccc([N+](=O)[O-])cc2)c1O. The van der Waals surface area contributed by atoms with Crippen LogP contribution in [-0.2, 0) is 18.4 Å². The van der Waals surface area contributed by atoms with Crippen LogP contribution in [0.15, 0.2) is 30.3 Å². The largest absolute Gasteiger partial charge is 0.494 e. The van der Waals surface area contributed by atoms with Crippen LogP contribution < -0.4 is 0 Å². The summed E-state index contributed by atoms with van der Waals surface area (Å²) in [5, 5.41) is 30.6. The fourth-order valence-corrected chi connectivity index (χ4v) is 3.48. The van der Waals surface area contributed by atoms with E-state index in [1.54, 1.807) is 0 Å². The Bertz CT molecular complexity index is 866. The van der Waals surface area contributed by atoms with Crippen LogP contribution in [0.25, 0.3) is 0 Å². The van der Waals surface area contributed by atoms with Crippen molar-refractivity contribution in [1.82, 2.24) is 9.47 Å². The van der Waals surface area contributed by atoms with Crippen LogP contribution in [0.2, 0.25) is 0 Å². The first-order valence-corrected chi connectivity index (χ1v) is 8.72. The van der Waals surface area contributed by atoms with Gasteiger partial charge >= 0.3 is 6.09 Å². The van der Waals surface area contributed by atoms with E-state index in [4.69, 9.17) is 4.74 Å². The van der Waals surface area contributed by atoms with E-state index in [9.17, 15) is 25.1 Å². The molecule has 1 aliphatic heterocycles. The molecule has 1 aromatic carbocycles. The molecule has 0 spiro atoms. The third kappa shape index (κ3) is 3.80. The minimum absolute atomic E-state index is 0.0384. The van der Waals surface area contributed by atoms with Gasteiger partial charge in [0.1, 0.15) is 6.61 Å². The van der Waals surface area contributed by atoms with Gasteiger partial charge in [0, 0.05) is 42.6 Å². The number of nitro groups is 1. The van der Waals surface area contributed by atoms with Crippen molar-refractivity contribution in [1.29, 1.82) is 0 Å². The van der Waals surface area contributed by atoms with E-state index in [0.717, 1.165) is 0 Å². The molecule has 1 fully saturated rings. The highest BCUT2D eigenvalue weighted by molar-refractivity contribution is 7.81. The topological polar surface area (TPSA) is 118 Å². The number of hydrogen-bond donors (Lipinski definition) is 3. The lowest BCUT2D eigenvalue weighted by Crippen LogP contribution is -2.31. The molecule has 1 aromatic heterocycles. The van der Waals surface area contributed by atoms with E-state index in [2.05, 4.69) is 12.6 Å². The second-order valence-electron chi connectivity index (χ2n) is 6.38. The van der Waals surface area contributed by atoms with Gasteiger partial charge in [-0.1, -0.05) is 0 Å². The number of ether oxygens (including phenoxy) is 1. The van der Waals surface area contributed by atoms with Gasteiger partial charge in [-0.05, 0) is 24.1 Å². The highest BCUT2D eigenvalue weighted by Gasteiger charge is 2.38. The number of rotatable bonds is 4. The van der Waals surface area contributed by atoms with Gasteiger partial charge in [0.25, 0.3) is 5.69 Å². The fourth-order valence-electron chi connectivity index (χ4n) is 3.10. The molecule has 0 aliphatic carbocycles. The average molecular weight is 393 g/mol. The van der Waals surface area contributed by atoms with Crippen LogP contribution >= 0.6 is 12.6 Å². The molecule has 0 bridgehead atoms. The number of aromatic nitrogens is 1. The second kappa shape index (κ2) is 7.39.